The lowest BCUT2D eigenvalue weighted by molar-refractivity contribution is -0.120. The summed E-state index contributed by atoms with van der Waals surface area (Å²) in [6.45, 7) is -0.501. The van der Waals surface area contributed by atoms with Crippen LogP contribution in [0.15, 0.2) is 171 Å². The number of aromatic hydroxyl groups is 1. The molecule has 0 aliphatic heterocycles. The lowest BCUT2D eigenvalue weighted by Crippen LogP contribution is -2.27. The summed E-state index contributed by atoms with van der Waals surface area (Å²) in [5.41, 5.74) is 44.9. The van der Waals surface area contributed by atoms with Crippen molar-refractivity contribution >= 4 is 80.8 Å². The van der Waals surface area contributed by atoms with Crippen molar-refractivity contribution in [3.63, 3.8) is 0 Å². The molecule has 0 saturated carbocycles. The number of alkyl halides is 1. The molecule has 0 saturated heterocycles. The number of aromatic nitrogens is 12. The molecule has 0 unspecified atom stereocenters. The molecule has 0 aliphatic rings. The molecular formula is C70H63ClF2N22O11. The normalized spacial score (nSPS) is 10.2. The van der Waals surface area contributed by atoms with E-state index in [0.29, 0.717) is 67.9 Å². The molecule has 0 spiro atoms. The maximum absolute atomic E-state index is 13.6. The summed E-state index contributed by atoms with van der Waals surface area (Å²) in [4.78, 5) is 108. The van der Waals surface area contributed by atoms with Crippen molar-refractivity contribution in [2.45, 2.75) is 13.1 Å². The third-order valence-electron chi connectivity index (χ3n) is 13.8. The Morgan fingerprint density at radius 1 is 0.519 bits per heavy atom. The number of carboxylic acids is 1. The van der Waals surface area contributed by atoms with E-state index in [-0.39, 0.29) is 90.5 Å². The van der Waals surface area contributed by atoms with E-state index >= 15 is 0 Å². The molecule has 0 radical (unpaired) electrons. The van der Waals surface area contributed by atoms with E-state index in [9.17, 15) is 42.7 Å². The summed E-state index contributed by atoms with van der Waals surface area (Å²) >= 11 is 4.86. The number of nitrogens with zero attached hydrogens (tertiary/aromatic N) is 14. The van der Waals surface area contributed by atoms with Crippen LogP contribution in [0.2, 0.25) is 0 Å². The zero-order valence-corrected chi connectivity index (χ0v) is 56.7. The highest BCUT2D eigenvalue weighted by molar-refractivity contribution is 6.27. The van der Waals surface area contributed by atoms with Crippen LogP contribution < -0.4 is 59.7 Å². The van der Waals surface area contributed by atoms with Gasteiger partial charge in [-0.05, 0) is 121 Å². The predicted octanol–water partition coefficient (Wildman–Crippen LogP) is 5.32. The van der Waals surface area contributed by atoms with Crippen LogP contribution in [0.25, 0.3) is 67.1 Å². The smallest absolute Gasteiger partial charge is 0.358 e. The van der Waals surface area contributed by atoms with E-state index in [1.165, 1.54) is 48.9 Å². The van der Waals surface area contributed by atoms with Crippen LogP contribution in [-0.4, -0.2) is 130 Å². The minimum absolute atomic E-state index is 0.0368. The van der Waals surface area contributed by atoms with Gasteiger partial charge in [-0.2, -0.15) is 10.5 Å². The summed E-state index contributed by atoms with van der Waals surface area (Å²) in [5.74, 6) is -4.28. The fraction of sp³-hybridized carbons (Fsp3) is 0.114. The van der Waals surface area contributed by atoms with Gasteiger partial charge >= 0.3 is 5.97 Å². The van der Waals surface area contributed by atoms with Gasteiger partial charge in [-0.1, -0.05) is 12.1 Å². The first-order valence-electron chi connectivity index (χ1n) is 30.6. The fourth-order valence-corrected chi connectivity index (χ4v) is 8.95. The van der Waals surface area contributed by atoms with Gasteiger partial charge in [-0.25, -0.2) is 53.4 Å². The number of carbonyl (C=O) groups excluding carboxylic acids is 5. The number of primary amides is 4. The minimum atomic E-state index is -1.27. The topological polar surface area (TPSA) is 551 Å². The monoisotopic (exact) mass is 1460 g/mol. The molecule has 17 N–H and O–H groups in total. The van der Waals surface area contributed by atoms with Crippen LogP contribution in [0.1, 0.15) is 43.8 Å². The molecule has 0 aliphatic carbocycles. The molecule has 36 heteroatoms. The number of ether oxygens (including phenoxy) is 3. The molecular weight excluding hydrogens is 1400 g/mol. The SMILES string of the molecule is Cn1cnc2ccc(-c3nc(C(=O)NCc4ncccc4OCC(N)=O)c(N)nc3-c3ccc(F)cc3)cc21.Cn1cnc2ccc(-c3nc(C(=O)O)c(N)nc3-c3ccc(F)cc3)cc21.N#Cc1ncccc1O.N#Cc1ncccc1OCC(N)=O.NC(=O)CCl.NCc1ncccc1OCC(N)=O. The number of aryl methyl sites for hydroxylation is 2. The van der Waals surface area contributed by atoms with Gasteiger partial charge in [0.05, 0.1) is 69.7 Å². The highest BCUT2D eigenvalue weighted by Gasteiger charge is 2.23. The van der Waals surface area contributed by atoms with Gasteiger partial charge in [0.1, 0.15) is 46.8 Å². The number of anilines is 2. The molecule has 540 valence electrons. The number of imidazole rings is 2. The number of amides is 5. The van der Waals surface area contributed by atoms with E-state index in [1.807, 2.05) is 59.6 Å². The number of carboxylic acid groups (broad SMARTS) is 1. The van der Waals surface area contributed by atoms with Crippen molar-refractivity contribution in [3.8, 4) is 80.2 Å². The van der Waals surface area contributed by atoms with E-state index in [0.717, 1.165) is 22.1 Å². The summed E-state index contributed by atoms with van der Waals surface area (Å²) < 4.78 is 46.0. The van der Waals surface area contributed by atoms with Crippen LogP contribution in [0.4, 0.5) is 20.4 Å². The molecule has 5 amide bonds. The fourth-order valence-electron chi connectivity index (χ4n) is 8.95. The quantitative estimate of drug-likeness (QED) is 0.0458. The van der Waals surface area contributed by atoms with Crippen LogP contribution in [-0.2, 0) is 46.4 Å². The molecule has 0 fully saturated rings. The number of rotatable bonds is 19. The molecule has 4 aromatic carbocycles. The number of carbonyl (C=O) groups is 6. The van der Waals surface area contributed by atoms with E-state index in [2.05, 4.69) is 60.9 Å². The van der Waals surface area contributed by atoms with Crippen LogP contribution in [0, 0.1) is 34.3 Å². The molecule has 8 heterocycles. The Labute approximate surface area is 604 Å². The lowest BCUT2D eigenvalue weighted by atomic mass is 10.0. The van der Waals surface area contributed by atoms with Crippen molar-refractivity contribution in [3.05, 3.63) is 217 Å². The van der Waals surface area contributed by atoms with Crippen LogP contribution in [0.5, 0.6) is 23.0 Å². The first-order chi connectivity index (χ1) is 50.8. The third kappa shape index (κ3) is 22.1. The van der Waals surface area contributed by atoms with Gasteiger partial charge < -0.3 is 79.0 Å². The van der Waals surface area contributed by atoms with Crippen molar-refractivity contribution in [2.75, 3.05) is 37.2 Å². The maximum atomic E-state index is 13.6. The number of nitrogen functional groups attached to an aromatic ring is 2. The number of nitrogens with two attached hydrogens (primary N) is 7. The van der Waals surface area contributed by atoms with Crippen LogP contribution in [0.3, 0.4) is 0 Å². The summed E-state index contributed by atoms with van der Waals surface area (Å²) in [5, 5.41) is 37.7. The number of benzene rings is 4. The standard InChI is InChI=1S/C27H23FN8O3.C19H14FN5O2.C8H11N3O2.C8H7N3O2.C6H4N2O.C2H4ClNO/c1-36-14-33-18-9-6-16(11-20(18)36)24-23(15-4-7-17(28)8-5-15)35-26(30)25(34-24)27(38)32-12-19-21(3-2-10-31-19)39-13-22(29)37;1-25-9-22-13-7-4-11(8-14(13)25)16-15(10-2-5-12(20)6-3-10)24-18(21)17(23-16)19(26)27;2*9-4-6-7(2-1-3-11-6)13-5-8(10)12;7-4-5-6(9)2-1-3-8-5;3-1-2(4)5/h2-11,14H,12-13H2,1H3,(H2,29,37)(H2,30,35)(H,32,38);2-9H,1H3,(H2,21,24)(H,26,27);1-3H,4-5,9H2,(H2,10,12);1-3H,5H2,(H2,10,12);1-3,9H;1H2,(H2,4,5). The lowest BCUT2D eigenvalue weighted by Gasteiger charge is -2.14. The number of aromatic carboxylic acids is 1. The Balaban J connectivity index is 0.000000201. The summed E-state index contributed by atoms with van der Waals surface area (Å²) in [7, 11) is 3.73. The summed E-state index contributed by atoms with van der Waals surface area (Å²) in [6, 6.07) is 38.8. The second kappa shape index (κ2) is 38.2. The van der Waals surface area contributed by atoms with E-state index in [1.54, 1.807) is 97.7 Å². The first kappa shape index (κ1) is 78.6. The average Bonchev–Trinajstić information content (AvgIpc) is 1.21. The zero-order chi connectivity index (χ0) is 77.0. The Kier molecular flexibility index (Phi) is 28.3. The van der Waals surface area contributed by atoms with Crippen molar-refractivity contribution in [2.24, 2.45) is 42.8 Å². The third-order valence-corrected chi connectivity index (χ3v) is 14.1. The highest BCUT2D eigenvalue weighted by Crippen LogP contribution is 2.35. The first-order valence-corrected chi connectivity index (χ1v) is 31.1. The van der Waals surface area contributed by atoms with Crippen molar-refractivity contribution in [1.29, 1.82) is 10.5 Å². The van der Waals surface area contributed by atoms with Gasteiger partial charge in [0, 0.05) is 67.7 Å². The summed E-state index contributed by atoms with van der Waals surface area (Å²) in [6.07, 6.45) is 9.44. The Morgan fingerprint density at radius 2 is 0.906 bits per heavy atom. The average molecular weight is 1460 g/mol. The number of hydrogen-bond acceptors (Lipinski definition) is 25. The van der Waals surface area contributed by atoms with Crippen molar-refractivity contribution in [1.82, 2.24) is 64.3 Å². The number of halogens is 3. The number of nitriles is 2. The largest absolute Gasteiger partial charge is 0.505 e. The minimum Gasteiger partial charge on any atom is -0.505 e. The van der Waals surface area contributed by atoms with Crippen LogP contribution >= 0.6 is 11.6 Å². The van der Waals surface area contributed by atoms with Gasteiger partial charge in [0.25, 0.3) is 23.6 Å². The number of hydrogen-bond donors (Lipinski definition) is 10. The van der Waals surface area contributed by atoms with Gasteiger partial charge in [0.2, 0.25) is 5.91 Å². The molecule has 8 aromatic heterocycles. The van der Waals surface area contributed by atoms with Crippen molar-refractivity contribution < 1.29 is 62.0 Å². The number of pyridine rings is 4. The van der Waals surface area contributed by atoms with Gasteiger partial charge in [-0.15, -0.1) is 11.6 Å². The highest BCUT2D eigenvalue weighted by atomic mass is 35.5. The maximum Gasteiger partial charge on any atom is 0.358 e. The van der Waals surface area contributed by atoms with E-state index in [4.69, 9.17) is 75.8 Å². The molecule has 106 heavy (non-hydrogen) atoms. The van der Waals surface area contributed by atoms with Gasteiger partial charge in [-0.3, -0.25) is 33.9 Å². The predicted molar refractivity (Wildman–Crippen MR) is 381 cm³/mol. The number of fused-ring (bicyclic) bond motifs is 2. The van der Waals surface area contributed by atoms with Gasteiger partial charge in [0.15, 0.2) is 65.7 Å². The molecule has 0 atom stereocenters. The van der Waals surface area contributed by atoms with E-state index < -0.39 is 41.3 Å². The molecule has 12 rings (SSSR count). The molecule has 33 nitrogen and oxygen atoms in total. The second-order valence-electron chi connectivity index (χ2n) is 21.3. The Morgan fingerprint density at radius 3 is 1.33 bits per heavy atom. The molecule has 12 aromatic rings. The second-order valence-corrected chi connectivity index (χ2v) is 21.6. The zero-order valence-electron chi connectivity index (χ0n) is 55.9. The number of nitrogens with one attached hydrogen (secondary N) is 1. The Hall–Kier alpha value is -14.7. The molecule has 0 bridgehead atoms. The Bertz CT molecular complexity index is 5230.